The first-order valence-corrected chi connectivity index (χ1v) is 5.33. The molecule has 0 bridgehead atoms. The molecular formula is C12H8F3N3O2. The Morgan fingerprint density at radius 3 is 2.30 bits per heavy atom. The summed E-state index contributed by atoms with van der Waals surface area (Å²) >= 11 is 0. The average Bonchev–Trinajstić information content (AvgIpc) is 2.35. The van der Waals surface area contributed by atoms with E-state index in [9.17, 15) is 23.3 Å². The predicted molar refractivity (Wildman–Crippen MR) is 67.1 cm³/mol. The zero-order chi connectivity index (χ0) is 14.9. The number of halogens is 3. The normalized spacial score (nSPS) is 10.3. The molecule has 0 spiro atoms. The second kappa shape index (κ2) is 5.08. The molecule has 0 atom stereocenters. The van der Waals surface area contributed by atoms with Crippen LogP contribution in [0.4, 0.5) is 35.9 Å². The zero-order valence-corrected chi connectivity index (χ0v) is 9.86. The monoisotopic (exact) mass is 283 g/mol. The largest absolute Gasteiger partial charge is 0.398 e. The Morgan fingerprint density at radius 1 is 1.00 bits per heavy atom. The Kier molecular flexibility index (Phi) is 3.47. The summed E-state index contributed by atoms with van der Waals surface area (Å²) < 4.78 is 39.3. The van der Waals surface area contributed by atoms with Gasteiger partial charge in [0.15, 0.2) is 11.6 Å². The zero-order valence-electron chi connectivity index (χ0n) is 9.86. The van der Waals surface area contributed by atoms with Crippen molar-refractivity contribution in [1.29, 1.82) is 0 Å². The lowest BCUT2D eigenvalue weighted by Gasteiger charge is -2.09. The molecule has 2 rings (SSSR count). The van der Waals surface area contributed by atoms with Gasteiger partial charge in [0, 0.05) is 35.6 Å². The van der Waals surface area contributed by atoms with Crippen LogP contribution in [0.25, 0.3) is 0 Å². The van der Waals surface area contributed by atoms with Crippen molar-refractivity contribution in [2.24, 2.45) is 0 Å². The number of hydrogen-bond acceptors (Lipinski definition) is 4. The van der Waals surface area contributed by atoms with E-state index in [-0.39, 0.29) is 22.7 Å². The maximum Gasteiger partial charge on any atom is 0.273 e. The van der Waals surface area contributed by atoms with Crippen LogP contribution >= 0.6 is 0 Å². The van der Waals surface area contributed by atoms with E-state index in [1.807, 2.05) is 0 Å². The number of nitro groups is 1. The van der Waals surface area contributed by atoms with Gasteiger partial charge in [-0.3, -0.25) is 10.1 Å². The molecule has 104 valence electrons. The van der Waals surface area contributed by atoms with Crippen LogP contribution in [0, 0.1) is 27.6 Å². The van der Waals surface area contributed by atoms with Crippen molar-refractivity contribution in [3.8, 4) is 0 Å². The molecule has 5 nitrogen and oxygen atoms in total. The Bertz CT molecular complexity index is 692. The molecule has 0 radical (unpaired) electrons. The van der Waals surface area contributed by atoms with Crippen molar-refractivity contribution >= 4 is 22.7 Å². The van der Waals surface area contributed by atoms with Crippen LogP contribution in [0.5, 0.6) is 0 Å². The standard InChI is InChI=1S/C12H8F3N3O2/c13-9-4-11(15)12(5-10(9)14)17-7-1-6(16)2-8(3-7)18(19)20/h1-5,17H,16H2. The Balaban J connectivity index is 2.40. The van der Waals surface area contributed by atoms with Crippen LogP contribution in [0.15, 0.2) is 30.3 Å². The highest BCUT2D eigenvalue weighted by Crippen LogP contribution is 2.27. The molecule has 2 aromatic carbocycles. The van der Waals surface area contributed by atoms with Crippen molar-refractivity contribution in [2.45, 2.75) is 0 Å². The maximum absolute atomic E-state index is 13.4. The van der Waals surface area contributed by atoms with Gasteiger partial charge in [0.2, 0.25) is 0 Å². The van der Waals surface area contributed by atoms with Gasteiger partial charge in [-0.1, -0.05) is 0 Å². The predicted octanol–water partition coefficient (Wildman–Crippen LogP) is 3.34. The van der Waals surface area contributed by atoms with Gasteiger partial charge in [-0.2, -0.15) is 0 Å². The number of rotatable bonds is 3. The first kappa shape index (κ1) is 13.7. The molecular weight excluding hydrogens is 275 g/mol. The van der Waals surface area contributed by atoms with Gasteiger partial charge in [0.1, 0.15) is 5.82 Å². The van der Waals surface area contributed by atoms with Crippen molar-refractivity contribution in [2.75, 3.05) is 11.1 Å². The summed E-state index contributed by atoms with van der Waals surface area (Å²) in [5.41, 5.74) is 4.96. The third-order valence-electron chi connectivity index (χ3n) is 2.44. The van der Waals surface area contributed by atoms with E-state index in [0.717, 1.165) is 12.1 Å². The first-order chi connectivity index (χ1) is 9.36. The number of nitrogens with two attached hydrogens (primary N) is 1. The van der Waals surface area contributed by atoms with Gasteiger partial charge in [0.05, 0.1) is 10.6 Å². The summed E-state index contributed by atoms with van der Waals surface area (Å²) in [6.45, 7) is 0. The number of hydrogen-bond donors (Lipinski definition) is 2. The van der Waals surface area contributed by atoms with Crippen LogP contribution in [0.2, 0.25) is 0 Å². The lowest BCUT2D eigenvalue weighted by molar-refractivity contribution is -0.384. The highest BCUT2D eigenvalue weighted by molar-refractivity contribution is 5.68. The van der Waals surface area contributed by atoms with Crippen molar-refractivity contribution < 1.29 is 18.1 Å². The molecule has 0 fully saturated rings. The van der Waals surface area contributed by atoms with Crippen molar-refractivity contribution in [3.05, 3.63) is 57.9 Å². The first-order valence-electron chi connectivity index (χ1n) is 5.33. The number of nitro benzene ring substituents is 1. The summed E-state index contributed by atoms with van der Waals surface area (Å²) in [4.78, 5) is 9.98. The lowest BCUT2D eigenvalue weighted by atomic mass is 10.2. The topological polar surface area (TPSA) is 81.2 Å². The van der Waals surface area contributed by atoms with Crippen molar-refractivity contribution in [1.82, 2.24) is 0 Å². The third kappa shape index (κ3) is 2.79. The fourth-order valence-electron chi connectivity index (χ4n) is 1.59. The summed E-state index contributed by atoms with van der Waals surface area (Å²) in [5, 5.41) is 13.1. The molecule has 0 amide bonds. The Hall–Kier alpha value is -2.77. The van der Waals surface area contributed by atoms with Gasteiger partial charge >= 0.3 is 0 Å². The summed E-state index contributed by atoms with van der Waals surface area (Å²) in [6.07, 6.45) is 0. The highest BCUT2D eigenvalue weighted by Gasteiger charge is 2.12. The van der Waals surface area contributed by atoms with Crippen LogP contribution in [-0.4, -0.2) is 4.92 Å². The van der Waals surface area contributed by atoms with E-state index < -0.39 is 22.4 Å². The van der Waals surface area contributed by atoms with Crippen LogP contribution in [0.3, 0.4) is 0 Å². The second-order valence-electron chi connectivity index (χ2n) is 3.94. The van der Waals surface area contributed by atoms with E-state index in [1.165, 1.54) is 6.07 Å². The fraction of sp³-hybridized carbons (Fsp3) is 0. The van der Waals surface area contributed by atoms with E-state index in [2.05, 4.69) is 5.32 Å². The third-order valence-corrected chi connectivity index (χ3v) is 2.44. The molecule has 0 aliphatic heterocycles. The Morgan fingerprint density at radius 2 is 1.65 bits per heavy atom. The number of benzene rings is 2. The maximum atomic E-state index is 13.4. The highest BCUT2D eigenvalue weighted by atomic mass is 19.2. The summed E-state index contributed by atoms with van der Waals surface area (Å²) in [6, 6.07) is 4.50. The van der Waals surface area contributed by atoms with Gasteiger partial charge in [-0.05, 0) is 6.07 Å². The molecule has 3 N–H and O–H groups in total. The molecule has 0 aliphatic rings. The van der Waals surface area contributed by atoms with E-state index >= 15 is 0 Å². The smallest absolute Gasteiger partial charge is 0.273 e. The van der Waals surface area contributed by atoms with Gasteiger partial charge in [-0.15, -0.1) is 0 Å². The number of nitrogens with zero attached hydrogens (tertiary/aromatic N) is 1. The summed E-state index contributed by atoms with van der Waals surface area (Å²) in [7, 11) is 0. The molecule has 0 saturated heterocycles. The minimum Gasteiger partial charge on any atom is -0.398 e. The van der Waals surface area contributed by atoms with Crippen LogP contribution in [-0.2, 0) is 0 Å². The lowest BCUT2D eigenvalue weighted by Crippen LogP contribution is -1.99. The molecule has 0 heterocycles. The second-order valence-corrected chi connectivity index (χ2v) is 3.94. The van der Waals surface area contributed by atoms with Gasteiger partial charge in [0.25, 0.3) is 5.69 Å². The Labute approximate surface area is 111 Å². The van der Waals surface area contributed by atoms with Gasteiger partial charge < -0.3 is 11.1 Å². The minimum absolute atomic E-state index is 0.0738. The molecule has 0 unspecified atom stereocenters. The molecule has 20 heavy (non-hydrogen) atoms. The number of anilines is 3. The van der Waals surface area contributed by atoms with E-state index in [4.69, 9.17) is 5.73 Å². The quantitative estimate of drug-likeness (QED) is 0.392. The van der Waals surface area contributed by atoms with Crippen LogP contribution in [0.1, 0.15) is 0 Å². The molecule has 0 saturated carbocycles. The number of non-ortho nitro benzene ring substituents is 1. The minimum atomic E-state index is -1.33. The number of nitrogens with one attached hydrogen (secondary N) is 1. The SMILES string of the molecule is Nc1cc(Nc2cc(F)c(F)cc2F)cc([N+](=O)[O-])c1. The number of nitrogen functional groups attached to an aromatic ring is 1. The van der Waals surface area contributed by atoms with E-state index in [0.29, 0.717) is 12.1 Å². The molecule has 0 aliphatic carbocycles. The summed E-state index contributed by atoms with van der Waals surface area (Å²) in [5.74, 6) is -3.60. The fourth-order valence-corrected chi connectivity index (χ4v) is 1.59. The van der Waals surface area contributed by atoms with Gasteiger partial charge in [-0.25, -0.2) is 13.2 Å². The van der Waals surface area contributed by atoms with Crippen molar-refractivity contribution in [3.63, 3.8) is 0 Å². The molecule has 0 aromatic heterocycles. The average molecular weight is 283 g/mol. The molecule has 8 heteroatoms. The van der Waals surface area contributed by atoms with E-state index in [1.54, 1.807) is 0 Å². The molecule has 2 aromatic rings. The van der Waals surface area contributed by atoms with Crippen LogP contribution < -0.4 is 11.1 Å².